The molecule has 0 aromatic carbocycles. The molecule has 0 aromatic rings. The van der Waals surface area contributed by atoms with E-state index in [1.54, 1.807) is 0 Å². The fourth-order valence-corrected chi connectivity index (χ4v) is 2.45. The second kappa shape index (κ2) is 14.4. The van der Waals surface area contributed by atoms with Crippen LogP contribution in [0, 0.1) is 0 Å². The average Bonchev–Trinajstić information content (AvgIpc) is 2.42. The lowest BCUT2D eigenvalue weighted by atomic mass is 10.1. The third-order valence-electron chi connectivity index (χ3n) is 3.55. The molecular formula is C16H32BrNO. The van der Waals surface area contributed by atoms with E-state index in [1.165, 1.54) is 51.4 Å². The number of rotatable bonds is 13. The van der Waals surface area contributed by atoms with Gasteiger partial charge in [0.05, 0.1) is 0 Å². The lowest BCUT2D eigenvalue weighted by molar-refractivity contribution is -0.130. The molecule has 0 rings (SSSR count). The van der Waals surface area contributed by atoms with Gasteiger partial charge in [-0.05, 0) is 12.8 Å². The van der Waals surface area contributed by atoms with Crippen LogP contribution in [-0.4, -0.2) is 29.7 Å². The first-order valence-corrected chi connectivity index (χ1v) is 9.14. The molecule has 0 saturated heterocycles. The standard InChI is InChI=1S/C16H32BrNO/c1-3-4-5-6-7-8-9-10-11-13-16(19)18(2)15-12-14-17/h3-15H2,1-2H3. The van der Waals surface area contributed by atoms with E-state index in [0.717, 1.165) is 31.1 Å². The van der Waals surface area contributed by atoms with Crippen molar-refractivity contribution >= 4 is 21.8 Å². The molecule has 3 heteroatoms. The Morgan fingerprint density at radius 2 is 1.42 bits per heavy atom. The van der Waals surface area contributed by atoms with Crippen molar-refractivity contribution in [3.05, 3.63) is 0 Å². The molecule has 0 aromatic heterocycles. The van der Waals surface area contributed by atoms with Gasteiger partial charge >= 0.3 is 0 Å². The highest BCUT2D eigenvalue weighted by Gasteiger charge is 2.06. The van der Waals surface area contributed by atoms with Crippen molar-refractivity contribution in [2.75, 3.05) is 18.9 Å². The Balaban J connectivity index is 3.27. The van der Waals surface area contributed by atoms with Gasteiger partial charge in [0.2, 0.25) is 5.91 Å². The fraction of sp³-hybridized carbons (Fsp3) is 0.938. The molecule has 0 fully saturated rings. The van der Waals surface area contributed by atoms with Crippen LogP contribution in [0.1, 0.15) is 77.6 Å². The van der Waals surface area contributed by atoms with Gasteiger partial charge in [0.15, 0.2) is 0 Å². The highest BCUT2D eigenvalue weighted by Crippen LogP contribution is 2.11. The third kappa shape index (κ3) is 12.7. The molecule has 0 radical (unpaired) electrons. The number of halogens is 1. The molecule has 0 aliphatic heterocycles. The number of carbonyl (C=O) groups is 1. The van der Waals surface area contributed by atoms with E-state index >= 15 is 0 Å². The van der Waals surface area contributed by atoms with Crippen LogP contribution in [0.15, 0.2) is 0 Å². The highest BCUT2D eigenvalue weighted by molar-refractivity contribution is 9.09. The summed E-state index contributed by atoms with van der Waals surface area (Å²) in [5.74, 6) is 0.309. The maximum Gasteiger partial charge on any atom is 0.222 e. The topological polar surface area (TPSA) is 20.3 Å². The SMILES string of the molecule is CCCCCCCCCCCC(=O)N(C)CCCBr. The minimum Gasteiger partial charge on any atom is -0.346 e. The summed E-state index contributed by atoms with van der Waals surface area (Å²) < 4.78 is 0. The molecule has 114 valence electrons. The summed E-state index contributed by atoms with van der Waals surface area (Å²) in [6.07, 6.45) is 13.6. The van der Waals surface area contributed by atoms with Crippen LogP contribution < -0.4 is 0 Å². The Hall–Kier alpha value is -0.0500. The van der Waals surface area contributed by atoms with E-state index in [-0.39, 0.29) is 0 Å². The van der Waals surface area contributed by atoms with Gasteiger partial charge in [0.25, 0.3) is 0 Å². The van der Waals surface area contributed by atoms with Crippen LogP contribution in [0.2, 0.25) is 0 Å². The van der Waals surface area contributed by atoms with Crippen molar-refractivity contribution in [3.63, 3.8) is 0 Å². The van der Waals surface area contributed by atoms with Crippen LogP contribution in [0.4, 0.5) is 0 Å². The maximum atomic E-state index is 11.8. The first kappa shape index (κ1) is 18.9. The zero-order valence-corrected chi connectivity index (χ0v) is 14.5. The average molecular weight is 334 g/mol. The molecule has 0 aliphatic carbocycles. The van der Waals surface area contributed by atoms with Gasteiger partial charge in [-0.25, -0.2) is 0 Å². The van der Waals surface area contributed by atoms with E-state index in [1.807, 2.05) is 11.9 Å². The summed E-state index contributed by atoms with van der Waals surface area (Å²) >= 11 is 3.39. The van der Waals surface area contributed by atoms with Gasteiger partial charge in [-0.1, -0.05) is 74.2 Å². The maximum absolute atomic E-state index is 11.8. The number of amides is 1. The monoisotopic (exact) mass is 333 g/mol. The highest BCUT2D eigenvalue weighted by atomic mass is 79.9. The molecule has 0 unspecified atom stereocenters. The molecule has 19 heavy (non-hydrogen) atoms. The lowest BCUT2D eigenvalue weighted by Crippen LogP contribution is -2.27. The normalized spacial score (nSPS) is 10.7. The second-order valence-electron chi connectivity index (χ2n) is 5.44. The quantitative estimate of drug-likeness (QED) is 0.337. The third-order valence-corrected chi connectivity index (χ3v) is 4.11. The second-order valence-corrected chi connectivity index (χ2v) is 6.23. The molecule has 0 N–H and O–H groups in total. The molecular weight excluding hydrogens is 302 g/mol. The van der Waals surface area contributed by atoms with E-state index in [0.29, 0.717) is 5.91 Å². The first-order chi connectivity index (χ1) is 9.22. The number of carbonyl (C=O) groups excluding carboxylic acids is 1. The largest absolute Gasteiger partial charge is 0.346 e. The van der Waals surface area contributed by atoms with Crippen molar-refractivity contribution in [1.29, 1.82) is 0 Å². The van der Waals surface area contributed by atoms with E-state index in [9.17, 15) is 4.79 Å². The van der Waals surface area contributed by atoms with Gasteiger partial charge in [0, 0.05) is 25.3 Å². The summed E-state index contributed by atoms with van der Waals surface area (Å²) in [7, 11) is 1.92. The molecule has 0 spiro atoms. The van der Waals surface area contributed by atoms with Crippen LogP contribution in [-0.2, 0) is 4.79 Å². The minimum absolute atomic E-state index is 0.309. The predicted molar refractivity (Wildman–Crippen MR) is 87.9 cm³/mol. The zero-order chi connectivity index (χ0) is 14.3. The smallest absolute Gasteiger partial charge is 0.222 e. The van der Waals surface area contributed by atoms with Gasteiger partial charge in [-0.3, -0.25) is 4.79 Å². The summed E-state index contributed by atoms with van der Waals surface area (Å²) in [5.41, 5.74) is 0. The minimum atomic E-state index is 0.309. The van der Waals surface area contributed by atoms with Gasteiger partial charge < -0.3 is 4.90 Å². The Morgan fingerprint density at radius 1 is 0.895 bits per heavy atom. The van der Waals surface area contributed by atoms with Crippen LogP contribution in [0.5, 0.6) is 0 Å². The van der Waals surface area contributed by atoms with Crippen molar-refractivity contribution in [1.82, 2.24) is 4.90 Å². The number of hydrogen-bond donors (Lipinski definition) is 0. The van der Waals surface area contributed by atoms with Crippen LogP contribution in [0.3, 0.4) is 0 Å². The van der Waals surface area contributed by atoms with Crippen molar-refractivity contribution in [3.8, 4) is 0 Å². The van der Waals surface area contributed by atoms with Crippen molar-refractivity contribution in [2.24, 2.45) is 0 Å². The summed E-state index contributed by atoms with van der Waals surface area (Å²) in [4.78, 5) is 13.6. The Labute approximate surface area is 128 Å². The molecule has 1 amide bonds. The van der Waals surface area contributed by atoms with Crippen LogP contribution >= 0.6 is 15.9 Å². The number of nitrogens with zero attached hydrogens (tertiary/aromatic N) is 1. The molecule has 0 saturated carbocycles. The Bertz CT molecular complexity index is 209. The number of unbranched alkanes of at least 4 members (excludes halogenated alkanes) is 8. The van der Waals surface area contributed by atoms with E-state index in [2.05, 4.69) is 22.9 Å². The molecule has 2 nitrogen and oxygen atoms in total. The summed E-state index contributed by atoms with van der Waals surface area (Å²) in [6, 6.07) is 0. The lowest BCUT2D eigenvalue weighted by Gasteiger charge is -2.16. The molecule has 0 bridgehead atoms. The Morgan fingerprint density at radius 3 is 1.95 bits per heavy atom. The molecule has 0 atom stereocenters. The number of alkyl halides is 1. The predicted octanol–water partition coefficient (Wildman–Crippen LogP) is 5.15. The van der Waals surface area contributed by atoms with E-state index in [4.69, 9.17) is 0 Å². The molecule has 0 heterocycles. The summed E-state index contributed by atoms with van der Waals surface area (Å²) in [6.45, 7) is 3.13. The number of hydrogen-bond acceptors (Lipinski definition) is 1. The zero-order valence-electron chi connectivity index (χ0n) is 12.9. The van der Waals surface area contributed by atoms with Gasteiger partial charge in [-0.15, -0.1) is 0 Å². The van der Waals surface area contributed by atoms with Gasteiger partial charge in [0.1, 0.15) is 0 Å². The van der Waals surface area contributed by atoms with Crippen LogP contribution in [0.25, 0.3) is 0 Å². The fourth-order valence-electron chi connectivity index (χ4n) is 2.20. The van der Waals surface area contributed by atoms with Crippen molar-refractivity contribution < 1.29 is 4.79 Å². The first-order valence-electron chi connectivity index (χ1n) is 8.02. The van der Waals surface area contributed by atoms with Crippen molar-refractivity contribution in [2.45, 2.75) is 77.6 Å². The summed E-state index contributed by atoms with van der Waals surface area (Å²) in [5, 5.41) is 0.975. The molecule has 0 aliphatic rings. The Kier molecular flexibility index (Phi) is 14.3. The van der Waals surface area contributed by atoms with Gasteiger partial charge in [-0.2, -0.15) is 0 Å². The van der Waals surface area contributed by atoms with E-state index < -0.39 is 0 Å².